The van der Waals surface area contributed by atoms with Gasteiger partial charge in [-0.15, -0.1) is 0 Å². The molecule has 3 aromatic heterocycles. The van der Waals surface area contributed by atoms with Crippen molar-refractivity contribution in [1.82, 2.24) is 19.9 Å². The van der Waals surface area contributed by atoms with Crippen molar-refractivity contribution in [2.24, 2.45) is 0 Å². The van der Waals surface area contributed by atoms with Crippen LogP contribution in [0.1, 0.15) is 25.0 Å². The Bertz CT molecular complexity index is 3130. The Morgan fingerprint density at radius 3 is 1.87 bits per heavy atom. The molecule has 0 saturated carbocycles. The third-order valence-electron chi connectivity index (χ3n) is 11.1. The number of nitrogens with zero attached hydrogens (tertiary/aromatic N) is 4. The van der Waals surface area contributed by atoms with Gasteiger partial charge in [-0.3, -0.25) is 0 Å². The van der Waals surface area contributed by atoms with Gasteiger partial charge in [-0.1, -0.05) is 153 Å². The summed E-state index contributed by atoms with van der Waals surface area (Å²) in [7, 11) is 0. The van der Waals surface area contributed by atoms with Crippen molar-refractivity contribution >= 4 is 43.6 Å². The highest BCUT2D eigenvalue weighted by Gasteiger charge is 2.35. The summed E-state index contributed by atoms with van der Waals surface area (Å²) in [5.41, 5.74) is 12.3. The van der Waals surface area contributed by atoms with E-state index >= 15 is 0 Å². The number of hydrogen-bond acceptors (Lipinski definition) is 5. The van der Waals surface area contributed by atoms with Crippen molar-refractivity contribution in [3.8, 4) is 56.5 Å². The molecule has 0 aliphatic heterocycles. The predicted octanol–water partition coefficient (Wildman–Crippen LogP) is 12.4. The Morgan fingerprint density at radius 2 is 1.02 bits per heavy atom. The number of furan rings is 1. The molecule has 0 atom stereocenters. The van der Waals surface area contributed by atoms with E-state index in [0.717, 1.165) is 71.6 Å². The maximum absolute atomic E-state index is 6.32. The number of rotatable bonds is 4. The van der Waals surface area contributed by atoms with Gasteiger partial charge in [0, 0.05) is 43.8 Å². The summed E-state index contributed by atoms with van der Waals surface area (Å²) in [5.74, 6) is 1.90. The van der Waals surface area contributed by atoms with E-state index in [1.54, 1.807) is 0 Å². The summed E-state index contributed by atoms with van der Waals surface area (Å²) in [5, 5.41) is 5.33. The largest absolute Gasteiger partial charge is 0.454 e. The van der Waals surface area contributed by atoms with Crippen LogP contribution in [-0.2, 0) is 5.41 Å². The summed E-state index contributed by atoms with van der Waals surface area (Å²) >= 11 is 0. The summed E-state index contributed by atoms with van der Waals surface area (Å²) in [6.45, 7) is 4.60. The summed E-state index contributed by atoms with van der Waals surface area (Å²) in [6, 6.07) is 54.9. The SMILES string of the molecule is CC1(C)c2ccccc2-c2ccc(-c3nc(-c4ccc(-c5nc6c7ccccc7oc6c6ccccc56)cc4)nc(-c4cccc5ccccc45)n3)cc21. The first-order valence-electron chi connectivity index (χ1n) is 18.3. The van der Waals surface area contributed by atoms with Crippen LogP contribution in [0.2, 0.25) is 0 Å². The number of aromatic nitrogens is 4. The van der Waals surface area contributed by atoms with Gasteiger partial charge in [0.05, 0.1) is 5.69 Å². The molecular weight excluding hydrogens is 661 g/mol. The maximum atomic E-state index is 6.32. The highest BCUT2D eigenvalue weighted by Crippen LogP contribution is 2.49. The van der Waals surface area contributed by atoms with Gasteiger partial charge in [-0.25, -0.2) is 19.9 Å². The van der Waals surface area contributed by atoms with Crippen LogP contribution in [0.4, 0.5) is 0 Å². The molecule has 0 radical (unpaired) electrons. The lowest BCUT2D eigenvalue weighted by atomic mass is 9.82. The third-order valence-corrected chi connectivity index (χ3v) is 11.1. The van der Waals surface area contributed by atoms with Gasteiger partial charge in [-0.2, -0.15) is 0 Å². The summed E-state index contributed by atoms with van der Waals surface area (Å²) in [6.07, 6.45) is 0. The van der Waals surface area contributed by atoms with Crippen LogP contribution >= 0.6 is 0 Å². The summed E-state index contributed by atoms with van der Waals surface area (Å²) < 4.78 is 6.32. The van der Waals surface area contributed by atoms with Gasteiger partial charge in [0.2, 0.25) is 0 Å². The molecule has 0 amide bonds. The Morgan fingerprint density at radius 1 is 0.426 bits per heavy atom. The normalized spacial score (nSPS) is 13.1. The van der Waals surface area contributed by atoms with E-state index in [2.05, 4.69) is 153 Å². The minimum absolute atomic E-state index is 0.143. The minimum Gasteiger partial charge on any atom is -0.454 e. The monoisotopic (exact) mass is 692 g/mol. The molecule has 5 nitrogen and oxygen atoms in total. The lowest BCUT2D eigenvalue weighted by Gasteiger charge is -2.21. The van der Waals surface area contributed by atoms with E-state index in [4.69, 9.17) is 24.4 Å². The first-order chi connectivity index (χ1) is 26.5. The van der Waals surface area contributed by atoms with Gasteiger partial charge in [0.15, 0.2) is 23.1 Å². The number of fused-ring (bicyclic) bond motifs is 9. The molecular formula is C49H32N4O. The fourth-order valence-corrected chi connectivity index (χ4v) is 8.40. The first-order valence-corrected chi connectivity index (χ1v) is 18.3. The smallest absolute Gasteiger partial charge is 0.164 e. The lowest BCUT2D eigenvalue weighted by Crippen LogP contribution is -2.15. The van der Waals surface area contributed by atoms with E-state index in [1.807, 2.05) is 18.2 Å². The van der Waals surface area contributed by atoms with Crippen molar-refractivity contribution in [2.45, 2.75) is 19.3 Å². The van der Waals surface area contributed by atoms with Crippen LogP contribution in [-0.4, -0.2) is 19.9 Å². The number of hydrogen-bond donors (Lipinski definition) is 0. The van der Waals surface area contributed by atoms with Crippen molar-refractivity contribution in [2.75, 3.05) is 0 Å². The second-order valence-corrected chi connectivity index (χ2v) is 14.6. The van der Waals surface area contributed by atoms with E-state index in [-0.39, 0.29) is 5.41 Å². The van der Waals surface area contributed by atoms with Gasteiger partial charge in [-0.05, 0) is 51.2 Å². The standard InChI is InChI=1S/C49H32N4O/c1-49(2)40-20-9-7-15-34(40)35-27-26-32(28-41(35)49)47-51-46(52-48(53-47)38-19-11-13-29-12-3-4-14-33(29)38)31-24-22-30(23-25-31)43-36-16-5-6-17-37(36)45-44(50-43)39-18-8-10-21-42(39)54-45/h3-28H,1-2H3. The predicted molar refractivity (Wildman–Crippen MR) is 219 cm³/mol. The Kier molecular flexibility index (Phi) is 6.53. The Balaban J connectivity index is 1.07. The van der Waals surface area contributed by atoms with E-state index in [9.17, 15) is 0 Å². The average Bonchev–Trinajstić information content (AvgIpc) is 3.72. The first kappa shape index (κ1) is 30.6. The molecule has 0 saturated heterocycles. The van der Waals surface area contributed by atoms with E-state index in [1.165, 1.54) is 22.3 Å². The highest BCUT2D eigenvalue weighted by atomic mass is 16.3. The van der Waals surface area contributed by atoms with Crippen LogP contribution in [0.5, 0.6) is 0 Å². The molecule has 254 valence electrons. The molecule has 5 heteroatoms. The zero-order chi connectivity index (χ0) is 36.0. The lowest BCUT2D eigenvalue weighted by molar-refractivity contribution is 0.660. The number of pyridine rings is 1. The molecule has 0 spiro atoms. The number of benzene rings is 7. The van der Waals surface area contributed by atoms with Crippen molar-refractivity contribution in [3.05, 3.63) is 169 Å². The molecule has 0 N–H and O–H groups in total. The van der Waals surface area contributed by atoms with Gasteiger partial charge in [0.1, 0.15) is 11.1 Å². The van der Waals surface area contributed by atoms with Crippen LogP contribution in [0.15, 0.2) is 162 Å². The maximum Gasteiger partial charge on any atom is 0.164 e. The minimum atomic E-state index is -0.143. The van der Waals surface area contributed by atoms with Crippen LogP contribution in [0.3, 0.4) is 0 Å². The molecule has 3 heterocycles. The molecule has 54 heavy (non-hydrogen) atoms. The zero-order valence-corrected chi connectivity index (χ0v) is 29.7. The second kappa shape index (κ2) is 11.5. The molecule has 0 unspecified atom stereocenters. The molecule has 0 bridgehead atoms. The molecule has 11 rings (SSSR count). The van der Waals surface area contributed by atoms with Crippen molar-refractivity contribution in [3.63, 3.8) is 0 Å². The van der Waals surface area contributed by atoms with Crippen molar-refractivity contribution in [1.29, 1.82) is 0 Å². The average molecular weight is 693 g/mol. The van der Waals surface area contributed by atoms with Gasteiger partial charge in [0.25, 0.3) is 0 Å². The third kappa shape index (κ3) is 4.58. The fourth-order valence-electron chi connectivity index (χ4n) is 8.40. The molecule has 1 aliphatic rings. The quantitative estimate of drug-likeness (QED) is 0.184. The van der Waals surface area contributed by atoms with Crippen LogP contribution in [0.25, 0.3) is 100 Å². The fraction of sp³-hybridized carbons (Fsp3) is 0.0612. The Hall–Kier alpha value is -6.98. The molecule has 7 aromatic carbocycles. The van der Waals surface area contributed by atoms with Gasteiger partial charge < -0.3 is 4.42 Å². The molecule has 0 fully saturated rings. The van der Waals surface area contributed by atoms with Crippen LogP contribution < -0.4 is 0 Å². The molecule has 1 aliphatic carbocycles. The number of para-hydroxylation sites is 1. The van der Waals surface area contributed by atoms with E-state index in [0.29, 0.717) is 17.5 Å². The highest BCUT2D eigenvalue weighted by molar-refractivity contribution is 6.16. The second-order valence-electron chi connectivity index (χ2n) is 14.6. The Labute approximate surface area is 311 Å². The van der Waals surface area contributed by atoms with Gasteiger partial charge >= 0.3 is 0 Å². The topological polar surface area (TPSA) is 64.7 Å². The van der Waals surface area contributed by atoms with Crippen LogP contribution in [0, 0.1) is 0 Å². The van der Waals surface area contributed by atoms with Crippen molar-refractivity contribution < 1.29 is 4.42 Å². The molecule has 10 aromatic rings. The summed E-state index contributed by atoms with van der Waals surface area (Å²) in [4.78, 5) is 20.7. The zero-order valence-electron chi connectivity index (χ0n) is 29.7. The van der Waals surface area contributed by atoms with E-state index < -0.39 is 0 Å².